The zero-order valence-corrected chi connectivity index (χ0v) is 27.9. The van der Waals surface area contributed by atoms with E-state index in [2.05, 4.69) is 24.6 Å². The zero-order chi connectivity index (χ0) is 33.4. The average Bonchev–Trinajstić information content (AvgIpc) is 3.61. The van der Waals surface area contributed by atoms with Crippen LogP contribution in [0.2, 0.25) is 25.7 Å². The summed E-state index contributed by atoms with van der Waals surface area (Å²) in [6, 6.07) is 17.1. The number of benzene rings is 2. The van der Waals surface area contributed by atoms with Crippen LogP contribution in [-0.4, -0.2) is 49.7 Å². The number of methoxy groups -OCH3 is 1. The van der Waals surface area contributed by atoms with Crippen molar-refractivity contribution in [1.82, 2.24) is 13.5 Å². The van der Waals surface area contributed by atoms with Crippen LogP contribution in [-0.2, 0) is 32.4 Å². The van der Waals surface area contributed by atoms with Crippen molar-refractivity contribution in [1.29, 1.82) is 0 Å². The summed E-state index contributed by atoms with van der Waals surface area (Å²) in [7, 11) is -4.22. The third kappa shape index (κ3) is 6.53. The van der Waals surface area contributed by atoms with Gasteiger partial charge in [0.15, 0.2) is 5.65 Å². The van der Waals surface area contributed by atoms with Gasteiger partial charge in [-0.2, -0.15) is 13.2 Å². The van der Waals surface area contributed by atoms with Crippen molar-refractivity contribution in [3.8, 4) is 22.5 Å². The molecule has 46 heavy (non-hydrogen) atoms. The number of fused-ring (bicyclic) bond motifs is 1. The molecule has 0 unspecified atom stereocenters. The third-order valence-electron chi connectivity index (χ3n) is 7.66. The van der Waals surface area contributed by atoms with Gasteiger partial charge in [-0.1, -0.05) is 43.9 Å². The van der Waals surface area contributed by atoms with Gasteiger partial charge in [0.05, 0.1) is 34.5 Å². The van der Waals surface area contributed by atoms with E-state index in [1.807, 2.05) is 0 Å². The minimum Gasteiger partial charge on any atom is -0.465 e. The van der Waals surface area contributed by atoms with Crippen LogP contribution in [0.25, 0.3) is 33.5 Å². The Morgan fingerprint density at radius 2 is 1.70 bits per heavy atom. The van der Waals surface area contributed by atoms with E-state index in [-0.39, 0.29) is 22.8 Å². The van der Waals surface area contributed by atoms with Crippen LogP contribution in [0.1, 0.15) is 21.5 Å². The summed E-state index contributed by atoms with van der Waals surface area (Å²) in [5.41, 5.74) is 1.51. The molecule has 0 fully saturated rings. The Balaban J connectivity index is 1.74. The standard InChI is InChI=1S/C33H34F3N3O5SSi/c1-22-19-23(33(34,35)36)11-12-25(22)30-28(32(40)43-2)20-29(38(30)21-44-17-18-46(3,4)5)26-13-15-37-31-27(26)14-16-39(31)45(41,42)24-9-7-6-8-10-24/h6-16,19-20H,17-18,21H2,1-5H3. The second-order valence-electron chi connectivity index (χ2n) is 12.1. The highest BCUT2D eigenvalue weighted by atomic mass is 32.2. The molecule has 8 nitrogen and oxygen atoms in total. The van der Waals surface area contributed by atoms with Crippen molar-refractivity contribution < 1.29 is 35.9 Å². The number of rotatable bonds is 10. The SMILES string of the molecule is COC(=O)c1cc(-c2ccnc3c2ccn3S(=O)(=O)c2ccccc2)n(COCC[Si](C)(C)C)c1-c1ccc(C(F)(F)F)cc1C. The van der Waals surface area contributed by atoms with Gasteiger partial charge in [-0.25, -0.2) is 22.2 Å². The van der Waals surface area contributed by atoms with E-state index in [1.165, 1.54) is 37.7 Å². The normalized spacial score (nSPS) is 12.5. The van der Waals surface area contributed by atoms with Gasteiger partial charge in [-0.05, 0) is 61.0 Å². The molecular weight excluding hydrogens is 636 g/mol. The van der Waals surface area contributed by atoms with Crippen LogP contribution >= 0.6 is 0 Å². The Morgan fingerprint density at radius 3 is 2.33 bits per heavy atom. The monoisotopic (exact) mass is 669 g/mol. The molecule has 0 N–H and O–H groups in total. The van der Waals surface area contributed by atoms with Gasteiger partial charge in [0.25, 0.3) is 10.0 Å². The van der Waals surface area contributed by atoms with Crippen LogP contribution in [0.5, 0.6) is 0 Å². The molecule has 3 aromatic heterocycles. The number of carbonyl (C=O) groups excluding carboxylic acids is 1. The first kappa shape index (κ1) is 33.2. The van der Waals surface area contributed by atoms with E-state index in [9.17, 15) is 26.4 Å². The van der Waals surface area contributed by atoms with E-state index in [1.54, 1.807) is 47.9 Å². The van der Waals surface area contributed by atoms with Crippen LogP contribution < -0.4 is 0 Å². The first-order valence-electron chi connectivity index (χ1n) is 14.5. The lowest BCUT2D eigenvalue weighted by Crippen LogP contribution is -2.22. The third-order valence-corrected chi connectivity index (χ3v) is 11.0. The van der Waals surface area contributed by atoms with E-state index < -0.39 is 35.8 Å². The summed E-state index contributed by atoms with van der Waals surface area (Å²) >= 11 is 0. The van der Waals surface area contributed by atoms with Gasteiger partial charge < -0.3 is 14.0 Å². The topological polar surface area (TPSA) is 92.4 Å². The largest absolute Gasteiger partial charge is 0.465 e. The molecule has 3 heterocycles. The number of pyridine rings is 1. The van der Waals surface area contributed by atoms with Gasteiger partial charge in [0, 0.05) is 43.6 Å². The van der Waals surface area contributed by atoms with Crippen molar-refractivity contribution in [2.75, 3.05) is 13.7 Å². The van der Waals surface area contributed by atoms with Gasteiger partial charge in [-0.3, -0.25) is 0 Å². The molecule has 0 aliphatic rings. The first-order valence-corrected chi connectivity index (χ1v) is 19.6. The van der Waals surface area contributed by atoms with E-state index in [0.29, 0.717) is 40.1 Å². The lowest BCUT2D eigenvalue weighted by atomic mass is 9.99. The molecule has 0 spiro atoms. The molecule has 5 aromatic rings. The molecule has 13 heteroatoms. The molecule has 0 atom stereocenters. The number of nitrogens with zero attached hydrogens (tertiary/aromatic N) is 3. The molecular formula is C33H34F3N3O5SSi. The van der Waals surface area contributed by atoms with Gasteiger partial charge >= 0.3 is 12.1 Å². The predicted octanol–water partition coefficient (Wildman–Crippen LogP) is 7.83. The lowest BCUT2D eigenvalue weighted by molar-refractivity contribution is -0.137. The fourth-order valence-electron chi connectivity index (χ4n) is 5.24. The fourth-order valence-corrected chi connectivity index (χ4v) is 7.32. The molecule has 0 aliphatic carbocycles. The van der Waals surface area contributed by atoms with E-state index in [4.69, 9.17) is 9.47 Å². The quantitative estimate of drug-likeness (QED) is 0.0855. The molecule has 0 bridgehead atoms. The van der Waals surface area contributed by atoms with E-state index >= 15 is 0 Å². The highest BCUT2D eigenvalue weighted by Gasteiger charge is 2.32. The second-order valence-corrected chi connectivity index (χ2v) is 19.5. The Bertz CT molecular complexity index is 2010. The number of halogens is 3. The number of carbonyl (C=O) groups is 1. The summed E-state index contributed by atoms with van der Waals surface area (Å²) in [6.07, 6.45) is -1.65. The average molecular weight is 670 g/mol. The highest BCUT2D eigenvalue weighted by Crippen LogP contribution is 2.40. The maximum Gasteiger partial charge on any atom is 0.416 e. The molecule has 0 saturated carbocycles. The molecule has 5 rings (SSSR count). The van der Waals surface area contributed by atoms with Gasteiger partial charge in [-0.15, -0.1) is 0 Å². The summed E-state index contributed by atoms with van der Waals surface area (Å²) in [6.45, 7) is 8.60. The van der Waals surface area contributed by atoms with Gasteiger partial charge in [0.1, 0.15) is 6.73 Å². The molecule has 2 aromatic carbocycles. The summed E-state index contributed by atoms with van der Waals surface area (Å²) < 4.78 is 81.9. The molecule has 0 aliphatic heterocycles. The van der Waals surface area contributed by atoms with Gasteiger partial charge in [0.2, 0.25) is 0 Å². The number of ether oxygens (including phenoxy) is 2. The lowest BCUT2D eigenvalue weighted by Gasteiger charge is -2.19. The fraction of sp³-hybridized carbons (Fsp3) is 0.273. The maximum absolute atomic E-state index is 13.6. The Kier molecular flexibility index (Phi) is 9.04. The smallest absolute Gasteiger partial charge is 0.416 e. The number of esters is 1. The van der Waals surface area contributed by atoms with Crippen LogP contribution in [0, 0.1) is 6.92 Å². The van der Waals surface area contributed by atoms with Crippen molar-refractivity contribution in [3.63, 3.8) is 0 Å². The summed E-state index contributed by atoms with van der Waals surface area (Å²) in [5, 5.41) is 0.481. The Labute approximate surface area is 266 Å². The van der Waals surface area contributed by atoms with Crippen molar-refractivity contribution in [2.24, 2.45) is 0 Å². The predicted molar refractivity (Wildman–Crippen MR) is 173 cm³/mol. The Hall–Kier alpha value is -4.20. The molecule has 242 valence electrons. The molecule has 0 amide bonds. The molecule has 0 saturated heterocycles. The van der Waals surface area contributed by atoms with Crippen LogP contribution in [0.15, 0.2) is 84.0 Å². The Morgan fingerprint density at radius 1 is 0.978 bits per heavy atom. The van der Waals surface area contributed by atoms with Crippen LogP contribution in [0.3, 0.4) is 0 Å². The number of hydrogen-bond acceptors (Lipinski definition) is 6. The van der Waals surface area contributed by atoms with Crippen LogP contribution in [0.4, 0.5) is 13.2 Å². The van der Waals surface area contributed by atoms with Crippen molar-refractivity contribution in [2.45, 2.75) is 50.4 Å². The van der Waals surface area contributed by atoms with Crippen molar-refractivity contribution in [3.05, 3.63) is 95.8 Å². The highest BCUT2D eigenvalue weighted by molar-refractivity contribution is 7.90. The number of aryl methyl sites for hydroxylation is 1. The van der Waals surface area contributed by atoms with Crippen molar-refractivity contribution >= 4 is 35.1 Å². The number of hydrogen-bond donors (Lipinski definition) is 0. The summed E-state index contributed by atoms with van der Waals surface area (Å²) in [5.74, 6) is -0.689. The molecule has 0 radical (unpaired) electrons. The second kappa shape index (κ2) is 12.5. The zero-order valence-electron chi connectivity index (χ0n) is 26.1. The first-order chi connectivity index (χ1) is 21.6. The minimum absolute atomic E-state index is 0.0283. The number of aromatic nitrogens is 3. The summed E-state index contributed by atoms with van der Waals surface area (Å²) in [4.78, 5) is 17.7. The minimum atomic E-state index is -4.54. The maximum atomic E-state index is 13.6. The number of alkyl halides is 3. The van der Waals surface area contributed by atoms with E-state index in [0.717, 1.165) is 22.1 Å².